The Bertz CT molecular complexity index is 561. The van der Waals surface area contributed by atoms with Crippen molar-refractivity contribution in [2.75, 3.05) is 13.1 Å². The minimum absolute atomic E-state index is 0.0284. The fraction of sp³-hybridized carbons (Fsp3) is 0.632. The van der Waals surface area contributed by atoms with Gasteiger partial charge in [0.1, 0.15) is 5.82 Å². The van der Waals surface area contributed by atoms with Crippen molar-refractivity contribution in [1.82, 2.24) is 10.2 Å². The summed E-state index contributed by atoms with van der Waals surface area (Å²) in [6.07, 6.45) is 4.59. The maximum Gasteiger partial charge on any atom is 0.317 e. The molecule has 0 bridgehead atoms. The van der Waals surface area contributed by atoms with Gasteiger partial charge >= 0.3 is 6.03 Å². The number of urea groups is 1. The highest BCUT2D eigenvalue weighted by Gasteiger charge is 2.32. The van der Waals surface area contributed by atoms with E-state index in [0.717, 1.165) is 44.2 Å². The minimum atomic E-state index is -0.376. The van der Waals surface area contributed by atoms with Gasteiger partial charge in [-0.1, -0.05) is 18.6 Å². The fourth-order valence-corrected chi connectivity index (χ4v) is 4.08. The number of amides is 2. The molecule has 0 spiro atoms. The first kappa shape index (κ1) is 17.2. The van der Waals surface area contributed by atoms with Crippen LogP contribution in [0.1, 0.15) is 50.5 Å². The van der Waals surface area contributed by atoms with Crippen LogP contribution >= 0.6 is 0 Å². The number of carbonyl (C=O) groups excluding carboxylic acids is 1. The van der Waals surface area contributed by atoms with Crippen molar-refractivity contribution in [1.29, 1.82) is 0 Å². The van der Waals surface area contributed by atoms with Gasteiger partial charge in [0.15, 0.2) is 0 Å². The second-order valence-electron chi connectivity index (χ2n) is 7.23. The van der Waals surface area contributed by atoms with Crippen LogP contribution in [0.4, 0.5) is 9.18 Å². The van der Waals surface area contributed by atoms with Crippen molar-refractivity contribution >= 4 is 6.03 Å². The van der Waals surface area contributed by atoms with Gasteiger partial charge in [0.05, 0.1) is 6.10 Å². The van der Waals surface area contributed by atoms with E-state index in [9.17, 15) is 14.3 Å². The molecule has 1 aliphatic carbocycles. The second-order valence-corrected chi connectivity index (χ2v) is 7.23. The zero-order chi connectivity index (χ0) is 17.1. The molecule has 0 radical (unpaired) electrons. The summed E-state index contributed by atoms with van der Waals surface area (Å²) in [6.45, 7) is 3.17. The zero-order valence-electron chi connectivity index (χ0n) is 14.2. The van der Waals surface area contributed by atoms with E-state index in [0.29, 0.717) is 6.54 Å². The number of piperidine rings is 1. The molecule has 24 heavy (non-hydrogen) atoms. The summed E-state index contributed by atoms with van der Waals surface area (Å²) in [6, 6.07) is 6.72. The van der Waals surface area contributed by atoms with Gasteiger partial charge in [0, 0.05) is 31.0 Å². The fourth-order valence-electron chi connectivity index (χ4n) is 4.08. The van der Waals surface area contributed by atoms with E-state index in [-0.39, 0.29) is 35.8 Å². The average molecular weight is 334 g/mol. The lowest BCUT2D eigenvalue weighted by Crippen LogP contribution is -2.50. The summed E-state index contributed by atoms with van der Waals surface area (Å²) in [4.78, 5) is 14.5. The Morgan fingerprint density at radius 2 is 2.00 bits per heavy atom. The predicted octanol–water partition coefficient (Wildman–Crippen LogP) is 3.26. The Kier molecular flexibility index (Phi) is 5.39. The quantitative estimate of drug-likeness (QED) is 0.891. The summed E-state index contributed by atoms with van der Waals surface area (Å²) in [5.41, 5.74) is 1.10. The Balaban J connectivity index is 1.61. The maximum absolute atomic E-state index is 13.1. The van der Waals surface area contributed by atoms with Gasteiger partial charge in [-0.25, -0.2) is 9.18 Å². The molecule has 4 unspecified atom stereocenters. The number of likely N-dealkylation sites (tertiary alicyclic amines) is 1. The van der Waals surface area contributed by atoms with E-state index >= 15 is 0 Å². The lowest BCUT2D eigenvalue weighted by molar-refractivity contribution is 0.0732. The lowest BCUT2D eigenvalue weighted by atomic mass is 9.93. The molecule has 2 amide bonds. The third-order valence-electron chi connectivity index (χ3n) is 5.55. The summed E-state index contributed by atoms with van der Waals surface area (Å²) < 4.78 is 13.1. The van der Waals surface area contributed by atoms with Gasteiger partial charge in [0.2, 0.25) is 0 Å². The molecular formula is C19H27FN2O2. The average Bonchev–Trinajstić information content (AvgIpc) is 3.03. The molecule has 5 heteroatoms. The smallest absolute Gasteiger partial charge is 0.317 e. The SMILES string of the molecule is CC(O)C1CCCN(C(=O)NC2CCCC2c2ccc(F)cc2)C1. The molecule has 2 fully saturated rings. The number of nitrogens with one attached hydrogen (secondary N) is 1. The first-order valence-electron chi connectivity index (χ1n) is 9.03. The molecule has 2 N–H and O–H groups in total. The molecule has 1 aromatic carbocycles. The number of halogens is 1. The van der Waals surface area contributed by atoms with Gasteiger partial charge in [0.25, 0.3) is 0 Å². The number of carbonyl (C=O) groups is 1. The van der Waals surface area contributed by atoms with E-state index in [1.807, 2.05) is 17.0 Å². The van der Waals surface area contributed by atoms with Gasteiger partial charge in [-0.2, -0.15) is 0 Å². The van der Waals surface area contributed by atoms with Gasteiger partial charge in [-0.05, 0) is 50.3 Å². The molecule has 4 atom stereocenters. The number of rotatable bonds is 3. The highest BCUT2D eigenvalue weighted by atomic mass is 19.1. The number of nitrogens with zero attached hydrogens (tertiary/aromatic N) is 1. The van der Waals surface area contributed by atoms with E-state index in [1.54, 1.807) is 6.92 Å². The third kappa shape index (κ3) is 3.89. The van der Waals surface area contributed by atoms with E-state index in [2.05, 4.69) is 5.32 Å². The Labute approximate surface area is 143 Å². The summed E-state index contributed by atoms with van der Waals surface area (Å²) >= 11 is 0. The van der Waals surface area contributed by atoms with Crippen molar-refractivity contribution in [2.45, 2.75) is 57.1 Å². The van der Waals surface area contributed by atoms with Crippen LogP contribution < -0.4 is 5.32 Å². The highest BCUT2D eigenvalue weighted by Crippen LogP contribution is 2.35. The largest absolute Gasteiger partial charge is 0.393 e. The van der Waals surface area contributed by atoms with Crippen LogP contribution in [0, 0.1) is 11.7 Å². The molecule has 2 aliphatic rings. The molecule has 3 rings (SSSR count). The van der Waals surface area contributed by atoms with Gasteiger partial charge < -0.3 is 15.3 Å². The number of hydrogen-bond acceptors (Lipinski definition) is 2. The van der Waals surface area contributed by atoms with Crippen LogP contribution in [0.5, 0.6) is 0 Å². The van der Waals surface area contributed by atoms with Crippen LogP contribution in [0.3, 0.4) is 0 Å². The van der Waals surface area contributed by atoms with Crippen molar-refractivity contribution in [2.24, 2.45) is 5.92 Å². The minimum Gasteiger partial charge on any atom is -0.393 e. The molecule has 1 aliphatic heterocycles. The monoisotopic (exact) mass is 334 g/mol. The Morgan fingerprint density at radius 1 is 1.25 bits per heavy atom. The highest BCUT2D eigenvalue weighted by molar-refractivity contribution is 5.74. The molecular weight excluding hydrogens is 307 g/mol. The predicted molar refractivity (Wildman–Crippen MR) is 91.3 cm³/mol. The molecule has 132 valence electrons. The molecule has 1 saturated carbocycles. The Morgan fingerprint density at radius 3 is 2.71 bits per heavy atom. The standard InChI is InChI=1S/C19H27FN2O2/c1-13(23)15-4-3-11-22(12-15)19(24)21-18-6-2-5-17(18)14-7-9-16(20)10-8-14/h7-10,13,15,17-18,23H,2-6,11-12H2,1H3,(H,21,24). The van der Waals surface area contributed by atoms with Gasteiger partial charge in [-0.15, -0.1) is 0 Å². The van der Waals surface area contributed by atoms with Crippen molar-refractivity contribution in [3.05, 3.63) is 35.6 Å². The molecule has 1 saturated heterocycles. The third-order valence-corrected chi connectivity index (χ3v) is 5.55. The number of aliphatic hydroxyl groups excluding tert-OH is 1. The lowest BCUT2D eigenvalue weighted by Gasteiger charge is -2.35. The summed E-state index contributed by atoms with van der Waals surface area (Å²) in [5.74, 6) is 0.197. The normalized spacial score (nSPS) is 28.6. The van der Waals surface area contributed by atoms with E-state index in [1.165, 1.54) is 12.1 Å². The van der Waals surface area contributed by atoms with Crippen LogP contribution in [0.15, 0.2) is 24.3 Å². The molecule has 0 aromatic heterocycles. The topological polar surface area (TPSA) is 52.6 Å². The van der Waals surface area contributed by atoms with Gasteiger partial charge in [-0.3, -0.25) is 0 Å². The second kappa shape index (κ2) is 7.51. The van der Waals surface area contributed by atoms with Crippen molar-refractivity contribution < 1.29 is 14.3 Å². The number of benzene rings is 1. The molecule has 1 aromatic rings. The van der Waals surface area contributed by atoms with Crippen LogP contribution in [-0.2, 0) is 0 Å². The zero-order valence-corrected chi connectivity index (χ0v) is 14.2. The summed E-state index contributed by atoms with van der Waals surface area (Å²) in [5, 5.41) is 13.0. The molecule has 1 heterocycles. The maximum atomic E-state index is 13.1. The van der Waals surface area contributed by atoms with Crippen LogP contribution in [-0.4, -0.2) is 41.3 Å². The number of aliphatic hydroxyl groups is 1. The van der Waals surface area contributed by atoms with Crippen molar-refractivity contribution in [3.63, 3.8) is 0 Å². The first-order chi connectivity index (χ1) is 11.5. The van der Waals surface area contributed by atoms with Crippen LogP contribution in [0.25, 0.3) is 0 Å². The van der Waals surface area contributed by atoms with E-state index < -0.39 is 0 Å². The molecule has 4 nitrogen and oxygen atoms in total. The number of hydrogen-bond donors (Lipinski definition) is 2. The summed E-state index contributed by atoms with van der Waals surface area (Å²) in [7, 11) is 0. The van der Waals surface area contributed by atoms with Crippen molar-refractivity contribution in [3.8, 4) is 0 Å². The van der Waals surface area contributed by atoms with E-state index in [4.69, 9.17) is 0 Å². The van der Waals surface area contributed by atoms with Crippen LogP contribution in [0.2, 0.25) is 0 Å². The first-order valence-corrected chi connectivity index (χ1v) is 9.03. The Hall–Kier alpha value is -1.62.